The molecule has 0 atom stereocenters. The van der Waals surface area contributed by atoms with E-state index in [0.29, 0.717) is 11.7 Å². The fourth-order valence-corrected chi connectivity index (χ4v) is 8.57. The van der Waals surface area contributed by atoms with E-state index in [2.05, 4.69) is 10.7 Å². The minimum absolute atomic E-state index is 0.0267. The third-order valence-corrected chi connectivity index (χ3v) is 10.1. The van der Waals surface area contributed by atoms with E-state index in [1.165, 1.54) is 54.2 Å². The first-order valence-corrected chi connectivity index (χ1v) is 13.1. The van der Waals surface area contributed by atoms with Gasteiger partial charge in [-0.15, -0.1) is 11.3 Å². The van der Waals surface area contributed by atoms with Crippen LogP contribution < -0.4 is 9.62 Å². The van der Waals surface area contributed by atoms with Crippen molar-refractivity contribution in [2.75, 3.05) is 29.8 Å². The number of sulfonamides is 1. The van der Waals surface area contributed by atoms with Crippen molar-refractivity contribution in [3.63, 3.8) is 0 Å². The molecule has 2 N–H and O–H groups in total. The van der Waals surface area contributed by atoms with Crippen LogP contribution in [0.15, 0.2) is 34.5 Å². The molecular weight excluding hydrogens is 418 g/mol. The SMILES string of the molecule is CN(c1nc(C23CC4CC(CC(C4)C2)C3)cs1)S(=O)(=O)c1ccc(NCCO)cc1. The number of nitrogens with one attached hydrogen (secondary N) is 1. The first-order valence-electron chi connectivity index (χ1n) is 10.8. The van der Waals surface area contributed by atoms with Gasteiger partial charge < -0.3 is 10.4 Å². The van der Waals surface area contributed by atoms with Crippen LogP contribution in [-0.4, -0.2) is 38.7 Å². The maximum Gasteiger partial charge on any atom is 0.265 e. The summed E-state index contributed by atoms with van der Waals surface area (Å²) in [6.45, 7) is 0.455. The Kier molecular flexibility index (Phi) is 5.07. The zero-order valence-corrected chi connectivity index (χ0v) is 18.9. The molecule has 4 aliphatic carbocycles. The summed E-state index contributed by atoms with van der Waals surface area (Å²) in [5, 5.41) is 14.6. The Morgan fingerprint density at radius 1 is 1.13 bits per heavy atom. The highest BCUT2D eigenvalue weighted by Crippen LogP contribution is 2.60. The van der Waals surface area contributed by atoms with Crippen LogP contribution in [0.3, 0.4) is 0 Å². The Morgan fingerprint density at radius 2 is 1.73 bits per heavy atom. The van der Waals surface area contributed by atoms with Gasteiger partial charge in [0.15, 0.2) is 5.13 Å². The van der Waals surface area contributed by atoms with E-state index < -0.39 is 10.0 Å². The Bertz CT molecular complexity index is 981. The van der Waals surface area contributed by atoms with E-state index in [-0.39, 0.29) is 16.9 Å². The Hall–Kier alpha value is -1.64. The van der Waals surface area contributed by atoms with Crippen molar-refractivity contribution in [2.24, 2.45) is 17.8 Å². The number of benzene rings is 1. The quantitative estimate of drug-likeness (QED) is 0.674. The van der Waals surface area contributed by atoms with E-state index in [1.54, 1.807) is 31.3 Å². The molecule has 4 saturated carbocycles. The summed E-state index contributed by atoms with van der Waals surface area (Å²) in [6, 6.07) is 6.64. The lowest BCUT2D eigenvalue weighted by Gasteiger charge is -2.56. The van der Waals surface area contributed by atoms with E-state index >= 15 is 0 Å². The highest BCUT2D eigenvalue weighted by atomic mass is 32.2. The summed E-state index contributed by atoms with van der Waals surface area (Å²) in [4.78, 5) is 5.12. The van der Waals surface area contributed by atoms with E-state index in [1.807, 2.05) is 0 Å². The average Bonchev–Trinajstić information content (AvgIpc) is 3.22. The van der Waals surface area contributed by atoms with Gasteiger partial charge in [-0.2, -0.15) is 0 Å². The van der Waals surface area contributed by atoms with Crippen LogP contribution in [0.4, 0.5) is 10.8 Å². The van der Waals surface area contributed by atoms with Gasteiger partial charge >= 0.3 is 0 Å². The van der Waals surface area contributed by atoms with Crippen molar-refractivity contribution in [3.8, 4) is 0 Å². The zero-order valence-electron chi connectivity index (χ0n) is 17.3. The smallest absolute Gasteiger partial charge is 0.265 e. The van der Waals surface area contributed by atoms with Crippen molar-refractivity contribution in [3.05, 3.63) is 35.3 Å². The topological polar surface area (TPSA) is 82.5 Å². The molecule has 4 aliphatic rings. The molecule has 0 spiro atoms. The van der Waals surface area contributed by atoms with Crippen molar-refractivity contribution in [2.45, 2.75) is 48.8 Å². The van der Waals surface area contributed by atoms with Gasteiger partial charge in [0.1, 0.15) is 0 Å². The molecule has 1 aromatic heterocycles. The number of aromatic nitrogens is 1. The zero-order chi connectivity index (χ0) is 20.9. The first-order chi connectivity index (χ1) is 14.4. The average molecular weight is 448 g/mol. The molecule has 162 valence electrons. The van der Waals surface area contributed by atoms with Gasteiger partial charge in [0.05, 0.1) is 17.2 Å². The fraction of sp³-hybridized carbons (Fsp3) is 0.591. The van der Waals surface area contributed by atoms with Crippen molar-refractivity contribution < 1.29 is 13.5 Å². The van der Waals surface area contributed by atoms with E-state index in [0.717, 1.165) is 29.1 Å². The molecule has 30 heavy (non-hydrogen) atoms. The highest BCUT2D eigenvalue weighted by molar-refractivity contribution is 7.93. The molecule has 1 aromatic carbocycles. The van der Waals surface area contributed by atoms with Crippen LogP contribution in [-0.2, 0) is 15.4 Å². The Morgan fingerprint density at radius 3 is 2.30 bits per heavy atom. The molecule has 0 aliphatic heterocycles. The number of hydrogen-bond donors (Lipinski definition) is 2. The maximum absolute atomic E-state index is 13.1. The van der Waals surface area contributed by atoms with Crippen molar-refractivity contribution in [1.82, 2.24) is 4.98 Å². The molecule has 1 heterocycles. The highest BCUT2D eigenvalue weighted by Gasteiger charge is 2.52. The lowest BCUT2D eigenvalue weighted by molar-refractivity contribution is -0.00689. The Labute approximate surface area is 182 Å². The monoisotopic (exact) mass is 447 g/mol. The standard InChI is InChI=1S/C22H29N3O3S2/c1-25(30(27,28)19-4-2-18(3-5-19)23-6-7-26)21-24-20(14-29-21)22-11-15-8-16(12-22)10-17(9-15)13-22/h2-5,14-17,23,26H,6-13H2,1H3. The molecule has 0 amide bonds. The maximum atomic E-state index is 13.1. The second kappa shape index (κ2) is 7.50. The molecule has 8 heteroatoms. The number of rotatable bonds is 7. The third kappa shape index (κ3) is 3.42. The lowest BCUT2D eigenvalue weighted by atomic mass is 9.49. The minimum Gasteiger partial charge on any atom is -0.395 e. The second-order valence-corrected chi connectivity index (χ2v) is 12.2. The van der Waals surface area contributed by atoms with Crippen LogP contribution in [0.1, 0.15) is 44.2 Å². The largest absolute Gasteiger partial charge is 0.395 e. The van der Waals surface area contributed by atoms with Gasteiger partial charge in [0.25, 0.3) is 10.0 Å². The predicted octanol–water partition coefficient (Wildman–Crippen LogP) is 3.84. The van der Waals surface area contributed by atoms with Crippen molar-refractivity contribution in [1.29, 1.82) is 0 Å². The molecule has 0 radical (unpaired) electrons. The van der Waals surface area contributed by atoms with Crippen LogP contribution in [0.25, 0.3) is 0 Å². The van der Waals surface area contributed by atoms with E-state index in [4.69, 9.17) is 10.1 Å². The number of aliphatic hydroxyl groups is 1. The molecule has 4 fully saturated rings. The molecule has 4 bridgehead atoms. The van der Waals surface area contributed by atoms with Gasteiger partial charge in [0.2, 0.25) is 0 Å². The van der Waals surface area contributed by atoms with Gasteiger partial charge in [-0.05, 0) is 80.5 Å². The number of anilines is 2. The summed E-state index contributed by atoms with van der Waals surface area (Å²) in [5.74, 6) is 2.50. The summed E-state index contributed by atoms with van der Waals surface area (Å²) >= 11 is 1.44. The first kappa shape index (κ1) is 20.3. The molecule has 0 saturated heterocycles. The molecule has 6 rings (SSSR count). The molecule has 0 unspecified atom stereocenters. The summed E-state index contributed by atoms with van der Waals surface area (Å²) in [5.41, 5.74) is 2.07. The molecular formula is C22H29N3O3S2. The van der Waals surface area contributed by atoms with Crippen LogP contribution >= 0.6 is 11.3 Å². The van der Waals surface area contributed by atoms with Gasteiger partial charge in [-0.25, -0.2) is 17.7 Å². The van der Waals surface area contributed by atoms with Gasteiger partial charge in [0, 0.05) is 30.1 Å². The fourth-order valence-electron chi connectivity index (χ4n) is 6.28. The third-order valence-electron chi connectivity index (χ3n) is 7.30. The van der Waals surface area contributed by atoms with Crippen LogP contribution in [0.5, 0.6) is 0 Å². The number of hydrogen-bond acceptors (Lipinski definition) is 6. The lowest BCUT2D eigenvalue weighted by Crippen LogP contribution is -2.48. The second-order valence-electron chi connectivity index (χ2n) is 9.36. The summed E-state index contributed by atoms with van der Waals surface area (Å²) in [6.07, 6.45) is 7.82. The van der Waals surface area contributed by atoms with Crippen molar-refractivity contribution >= 4 is 32.2 Å². The van der Waals surface area contributed by atoms with Gasteiger partial charge in [-0.3, -0.25) is 0 Å². The molecule has 2 aromatic rings. The normalized spacial score (nSPS) is 29.9. The predicted molar refractivity (Wildman–Crippen MR) is 120 cm³/mol. The van der Waals surface area contributed by atoms with Crippen LogP contribution in [0.2, 0.25) is 0 Å². The summed E-state index contributed by atoms with van der Waals surface area (Å²) < 4.78 is 27.6. The van der Waals surface area contributed by atoms with E-state index in [9.17, 15) is 8.42 Å². The minimum atomic E-state index is -3.67. The number of aliphatic hydroxyl groups excluding tert-OH is 1. The number of thiazole rings is 1. The van der Waals surface area contributed by atoms with Gasteiger partial charge in [-0.1, -0.05) is 0 Å². The Balaban J connectivity index is 1.37. The number of nitrogens with zero attached hydrogens (tertiary/aromatic N) is 2. The summed E-state index contributed by atoms with van der Waals surface area (Å²) in [7, 11) is -2.08. The van der Waals surface area contributed by atoms with Crippen LogP contribution in [0, 0.1) is 17.8 Å². The molecule has 6 nitrogen and oxygen atoms in total.